The minimum absolute atomic E-state index is 0.0983. The van der Waals surface area contributed by atoms with Crippen molar-refractivity contribution < 1.29 is 9.53 Å². The van der Waals surface area contributed by atoms with Crippen LogP contribution in [0.3, 0.4) is 0 Å². The van der Waals surface area contributed by atoms with Crippen molar-refractivity contribution in [1.29, 1.82) is 0 Å². The summed E-state index contributed by atoms with van der Waals surface area (Å²) in [5.41, 5.74) is 2.76. The number of hydrogen-bond acceptors (Lipinski definition) is 3. The highest BCUT2D eigenvalue weighted by Crippen LogP contribution is 2.24. The molecule has 0 aromatic heterocycles. The molecule has 0 saturated carbocycles. The molecule has 24 heavy (non-hydrogen) atoms. The molecule has 1 aliphatic heterocycles. The largest absolute Gasteiger partial charge is 0.494 e. The van der Waals surface area contributed by atoms with E-state index < -0.39 is 0 Å². The second-order valence-electron chi connectivity index (χ2n) is 7.32. The fourth-order valence-electron chi connectivity index (χ4n) is 2.60. The lowest BCUT2D eigenvalue weighted by atomic mass is 9.87. The monoisotopic (exact) mass is 330 g/mol. The predicted molar refractivity (Wildman–Crippen MR) is 98.5 cm³/mol. The third kappa shape index (κ3) is 6.36. The normalized spacial score (nSPS) is 14.9. The molecule has 0 radical (unpaired) electrons. The van der Waals surface area contributed by atoms with Gasteiger partial charge in [-0.3, -0.25) is 4.79 Å². The van der Waals surface area contributed by atoms with Crippen LogP contribution in [-0.4, -0.2) is 32.1 Å². The predicted octanol–water partition coefficient (Wildman–Crippen LogP) is 3.18. The third-order valence-electron chi connectivity index (χ3n) is 4.21. The van der Waals surface area contributed by atoms with Crippen LogP contribution in [0.5, 0.6) is 5.75 Å². The molecule has 1 amide bonds. The summed E-state index contributed by atoms with van der Waals surface area (Å²) in [6.07, 6.45) is 4.42. The van der Waals surface area contributed by atoms with Crippen LogP contribution in [0.1, 0.15) is 45.6 Å². The second-order valence-corrected chi connectivity index (χ2v) is 7.32. The van der Waals surface area contributed by atoms with Crippen LogP contribution in [-0.2, 0) is 10.2 Å². The molecule has 0 spiro atoms. The Morgan fingerprint density at radius 3 is 2.62 bits per heavy atom. The molecule has 0 fully saturated rings. The molecule has 1 aromatic rings. The van der Waals surface area contributed by atoms with Crippen LogP contribution >= 0.6 is 0 Å². The van der Waals surface area contributed by atoms with Gasteiger partial charge in [-0.25, -0.2) is 0 Å². The maximum Gasteiger partial charge on any atom is 0.220 e. The number of rotatable bonds is 7. The van der Waals surface area contributed by atoms with Gasteiger partial charge in [-0.05, 0) is 42.5 Å². The highest BCUT2D eigenvalue weighted by molar-refractivity contribution is 5.76. The molecular formula is C20H30N2O2. The molecule has 2 N–H and O–H groups in total. The van der Waals surface area contributed by atoms with E-state index >= 15 is 0 Å². The highest BCUT2D eigenvalue weighted by atomic mass is 16.5. The van der Waals surface area contributed by atoms with Crippen molar-refractivity contribution in [1.82, 2.24) is 10.6 Å². The van der Waals surface area contributed by atoms with E-state index in [-0.39, 0.29) is 11.3 Å². The van der Waals surface area contributed by atoms with Crippen molar-refractivity contribution in [2.45, 2.75) is 45.4 Å². The molecule has 0 unspecified atom stereocenters. The summed E-state index contributed by atoms with van der Waals surface area (Å²) in [5.74, 6) is 0.962. The Kier molecular flexibility index (Phi) is 6.85. The second kappa shape index (κ2) is 8.88. The van der Waals surface area contributed by atoms with Gasteiger partial charge >= 0.3 is 0 Å². The Balaban J connectivity index is 1.62. The molecule has 1 aromatic carbocycles. The van der Waals surface area contributed by atoms with E-state index in [2.05, 4.69) is 49.6 Å². The van der Waals surface area contributed by atoms with Crippen molar-refractivity contribution in [3.8, 4) is 5.75 Å². The Labute approximate surface area is 145 Å². The molecule has 0 atom stereocenters. The molecular weight excluding hydrogens is 300 g/mol. The van der Waals surface area contributed by atoms with Gasteiger partial charge in [0.05, 0.1) is 6.61 Å². The molecule has 0 saturated heterocycles. The summed E-state index contributed by atoms with van der Waals surface area (Å²) in [4.78, 5) is 11.8. The van der Waals surface area contributed by atoms with Crippen molar-refractivity contribution in [3.63, 3.8) is 0 Å². The SMILES string of the molecule is CC(C)(C)c1ccc(OCCCC(=O)NCC2=CCNCC2)cc1. The zero-order chi connectivity index (χ0) is 17.4. The van der Waals surface area contributed by atoms with E-state index in [1.165, 1.54) is 11.1 Å². The number of hydrogen-bond donors (Lipinski definition) is 2. The Morgan fingerprint density at radius 1 is 1.25 bits per heavy atom. The summed E-state index contributed by atoms with van der Waals surface area (Å²) in [7, 11) is 0. The van der Waals surface area contributed by atoms with Crippen LogP contribution in [0.2, 0.25) is 0 Å². The minimum atomic E-state index is 0.0983. The number of carbonyl (C=O) groups is 1. The van der Waals surface area contributed by atoms with Gasteiger partial charge in [0.25, 0.3) is 0 Å². The van der Waals surface area contributed by atoms with Crippen molar-refractivity contribution in [3.05, 3.63) is 41.5 Å². The molecule has 1 heterocycles. The molecule has 0 aliphatic carbocycles. The van der Waals surface area contributed by atoms with Crippen LogP contribution in [0, 0.1) is 0 Å². The molecule has 2 rings (SSSR count). The first-order valence-electron chi connectivity index (χ1n) is 8.84. The average Bonchev–Trinajstić information content (AvgIpc) is 2.57. The van der Waals surface area contributed by atoms with Crippen molar-refractivity contribution in [2.24, 2.45) is 0 Å². The fourth-order valence-corrected chi connectivity index (χ4v) is 2.60. The van der Waals surface area contributed by atoms with E-state index in [0.29, 0.717) is 19.6 Å². The first kappa shape index (κ1) is 18.5. The van der Waals surface area contributed by atoms with Gasteiger partial charge in [0, 0.05) is 19.5 Å². The minimum Gasteiger partial charge on any atom is -0.494 e. The molecule has 0 bridgehead atoms. The molecule has 1 aliphatic rings. The van der Waals surface area contributed by atoms with Gasteiger partial charge in [-0.15, -0.1) is 0 Å². The molecule has 4 nitrogen and oxygen atoms in total. The van der Waals surface area contributed by atoms with Gasteiger partial charge in [-0.2, -0.15) is 0 Å². The zero-order valence-electron chi connectivity index (χ0n) is 15.2. The van der Waals surface area contributed by atoms with E-state index in [9.17, 15) is 4.79 Å². The lowest BCUT2D eigenvalue weighted by Gasteiger charge is -2.19. The topological polar surface area (TPSA) is 50.4 Å². The smallest absolute Gasteiger partial charge is 0.220 e. The number of carbonyl (C=O) groups excluding carboxylic acids is 1. The van der Waals surface area contributed by atoms with Gasteiger partial charge in [0.15, 0.2) is 0 Å². The number of amides is 1. The summed E-state index contributed by atoms with van der Waals surface area (Å²) < 4.78 is 5.72. The van der Waals surface area contributed by atoms with Gasteiger partial charge < -0.3 is 15.4 Å². The lowest BCUT2D eigenvalue weighted by Crippen LogP contribution is -2.29. The van der Waals surface area contributed by atoms with Gasteiger partial charge in [0.1, 0.15) is 5.75 Å². The fraction of sp³-hybridized carbons (Fsp3) is 0.550. The quantitative estimate of drug-likeness (QED) is 0.596. The van der Waals surface area contributed by atoms with E-state index in [4.69, 9.17) is 4.74 Å². The summed E-state index contributed by atoms with van der Waals surface area (Å²) in [6.45, 7) is 9.74. The standard InChI is InChI=1S/C20H30N2O2/c1-20(2,3)17-6-8-18(9-7-17)24-14-4-5-19(23)22-15-16-10-12-21-13-11-16/h6-10,21H,4-5,11-15H2,1-3H3,(H,22,23). The van der Waals surface area contributed by atoms with E-state index in [0.717, 1.165) is 31.7 Å². The molecule has 4 heteroatoms. The maximum absolute atomic E-state index is 11.8. The summed E-state index contributed by atoms with van der Waals surface area (Å²) >= 11 is 0. The lowest BCUT2D eigenvalue weighted by molar-refractivity contribution is -0.121. The number of nitrogens with one attached hydrogen (secondary N) is 2. The Morgan fingerprint density at radius 2 is 2.00 bits per heavy atom. The van der Waals surface area contributed by atoms with Crippen LogP contribution in [0.15, 0.2) is 35.9 Å². The van der Waals surface area contributed by atoms with Crippen molar-refractivity contribution in [2.75, 3.05) is 26.2 Å². The van der Waals surface area contributed by atoms with E-state index in [1.54, 1.807) is 0 Å². The van der Waals surface area contributed by atoms with Crippen LogP contribution in [0.25, 0.3) is 0 Å². The maximum atomic E-state index is 11.8. The zero-order valence-corrected chi connectivity index (χ0v) is 15.2. The summed E-state index contributed by atoms with van der Waals surface area (Å²) in [5, 5.41) is 6.25. The first-order valence-corrected chi connectivity index (χ1v) is 8.84. The number of benzene rings is 1. The highest BCUT2D eigenvalue weighted by Gasteiger charge is 2.13. The van der Waals surface area contributed by atoms with Gasteiger partial charge in [-0.1, -0.05) is 44.6 Å². The molecule has 132 valence electrons. The number of ether oxygens (including phenoxy) is 1. The van der Waals surface area contributed by atoms with E-state index in [1.807, 2.05) is 12.1 Å². The summed E-state index contributed by atoms with van der Waals surface area (Å²) in [6, 6.07) is 8.22. The third-order valence-corrected chi connectivity index (χ3v) is 4.21. The Hall–Kier alpha value is -1.81. The van der Waals surface area contributed by atoms with Crippen LogP contribution < -0.4 is 15.4 Å². The van der Waals surface area contributed by atoms with Crippen LogP contribution in [0.4, 0.5) is 0 Å². The Bertz CT molecular complexity index is 556. The van der Waals surface area contributed by atoms with Gasteiger partial charge in [0.2, 0.25) is 5.91 Å². The average molecular weight is 330 g/mol. The van der Waals surface area contributed by atoms with Crippen molar-refractivity contribution >= 4 is 5.91 Å². The first-order chi connectivity index (χ1) is 11.4.